The molecule has 0 amide bonds. The Morgan fingerprint density at radius 2 is 1.64 bits per heavy atom. The van der Waals surface area contributed by atoms with E-state index in [9.17, 15) is 0 Å². The highest BCUT2D eigenvalue weighted by molar-refractivity contribution is 5.69. The number of nitrogens with zero attached hydrogens (tertiary/aromatic N) is 1. The first kappa shape index (κ1) is 16.2. The first-order chi connectivity index (χ1) is 13.8. The molecule has 1 saturated heterocycles. The van der Waals surface area contributed by atoms with Crippen LogP contribution in [0.15, 0.2) is 66.7 Å². The summed E-state index contributed by atoms with van der Waals surface area (Å²) in [6, 6.07) is 24.7. The molecule has 2 aliphatic heterocycles. The van der Waals surface area contributed by atoms with Gasteiger partial charge in [-0.05, 0) is 71.3 Å². The summed E-state index contributed by atoms with van der Waals surface area (Å²) >= 11 is 0. The average Bonchev–Trinajstić information content (AvgIpc) is 3.33. The second-order valence-corrected chi connectivity index (χ2v) is 8.10. The van der Waals surface area contributed by atoms with Crippen molar-refractivity contribution >= 4 is 0 Å². The molecule has 3 nitrogen and oxygen atoms in total. The monoisotopic (exact) mass is 369 g/mol. The van der Waals surface area contributed by atoms with E-state index in [4.69, 9.17) is 9.47 Å². The van der Waals surface area contributed by atoms with Gasteiger partial charge in [0.05, 0.1) is 0 Å². The fraction of sp³-hybridized carbons (Fsp3) is 0.280. The van der Waals surface area contributed by atoms with Crippen LogP contribution in [0.1, 0.15) is 41.5 Å². The fourth-order valence-corrected chi connectivity index (χ4v) is 5.12. The first-order valence-corrected chi connectivity index (χ1v) is 10.2. The number of rotatable bonds is 3. The van der Waals surface area contributed by atoms with Crippen LogP contribution in [0, 0.1) is 0 Å². The highest BCUT2D eigenvalue weighted by atomic mass is 16.7. The molecular formula is C25H23NO2. The van der Waals surface area contributed by atoms with Gasteiger partial charge in [0.2, 0.25) is 6.79 Å². The molecule has 3 aromatic carbocycles. The largest absolute Gasteiger partial charge is 0.454 e. The molecular weight excluding hydrogens is 346 g/mol. The van der Waals surface area contributed by atoms with Crippen LogP contribution >= 0.6 is 0 Å². The normalized spacial score (nSPS) is 22.3. The van der Waals surface area contributed by atoms with Crippen molar-refractivity contribution in [2.75, 3.05) is 13.3 Å². The van der Waals surface area contributed by atoms with Crippen molar-refractivity contribution in [2.24, 2.45) is 0 Å². The summed E-state index contributed by atoms with van der Waals surface area (Å²) in [5.41, 5.74) is 6.95. The van der Waals surface area contributed by atoms with E-state index in [0.717, 1.165) is 24.0 Å². The van der Waals surface area contributed by atoms with Crippen LogP contribution in [-0.2, 0) is 6.54 Å². The lowest BCUT2D eigenvalue weighted by molar-refractivity contribution is 0.145. The number of hydrogen-bond donors (Lipinski definition) is 0. The maximum absolute atomic E-state index is 5.58. The molecule has 3 aliphatic rings. The third-order valence-electron chi connectivity index (χ3n) is 6.53. The van der Waals surface area contributed by atoms with E-state index >= 15 is 0 Å². The maximum Gasteiger partial charge on any atom is 0.231 e. The summed E-state index contributed by atoms with van der Waals surface area (Å²) in [5, 5.41) is 0. The summed E-state index contributed by atoms with van der Waals surface area (Å²) < 4.78 is 11.0. The second-order valence-electron chi connectivity index (χ2n) is 8.10. The second kappa shape index (κ2) is 6.39. The number of benzene rings is 3. The van der Waals surface area contributed by atoms with Gasteiger partial charge >= 0.3 is 0 Å². The number of fused-ring (bicyclic) bond motifs is 6. The predicted molar refractivity (Wildman–Crippen MR) is 110 cm³/mol. The SMILES string of the molecule is c1ccc(CN2CCC3C[C@@H]2c2cc(-c4ccc5c(c4)OCO5)ccc23)cc1. The summed E-state index contributed by atoms with van der Waals surface area (Å²) in [5.74, 6) is 2.41. The molecule has 0 spiro atoms. The molecule has 0 radical (unpaired) electrons. The zero-order chi connectivity index (χ0) is 18.5. The van der Waals surface area contributed by atoms with Crippen molar-refractivity contribution < 1.29 is 9.47 Å². The third kappa shape index (κ3) is 2.61. The molecule has 2 atom stereocenters. The smallest absolute Gasteiger partial charge is 0.231 e. The molecule has 28 heavy (non-hydrogen) atoms. The topological polar surface area (TPSA) is 21.7 Å². The van der Waals surface area contributed by atoms with Gasteiger partial charge < -0.3 is 9.47 Å². The number of ether oxygens (including phenoxy) is 2. The molecule has 6 rings (SSSR count). The van der Waals surface area contributed by atoms with E-state index in [1.165, 1.54) is 41.6 Å². The molecule has 3 aromatic rings. The van der Waals surface area contributed by atoms with Crippen LogP contribution in [0.5, 0.6) is 11.5 Å². The minimum Gasteiger partial charge on any atom is -0.454 e. The first-order valence-electron chi connectivity index (χ1n) is 10.2. The van der Waals surface area contributed by atoms with Gasteiger partial charge in [-0.3, -0.25) is 4.90 Å². The molecule has 0 N–H and O–H groups in total. The molecule has 2 bridgehead atoms. The van der Waals surface area contributed by atoms with Gasteiger partial charge in [-0.25, -0.2) is 0 Å². The van der Waals surface area contributed by atoms with E-state index in [1.807, 2.05) is 6.07 Å². The number of piperidine rings is 1. The molecule has 1 aliphatic carbocycles. The van der Waals surface area contributed by atoms with Crippen molar-refractivity contribution in [1.82, 2.24) is 4.90 Å². The van der Waals surface area contributed by atoms with Crippen molar-refractivity contribution in [3.05, 3.63) is 83.4 Å². The van der Waals surface area contributed by atoms with Gasteiger partial charge in [0.25, 0.3) is 0 Å². The zero-order valence-corrected chi connectivity index (χ0v) is 15.8. The third-order valence-corrected chi connectivity index (χ3v) is 6.53. The highest BCUT2D eigenvalue weighted by Gasteiger charge is 2.38. The highest BCUT2D eigenvalue weighted by Crippen LogP contribution is 2.50. The standard InChI is InChI=1S/C25H23NO2/c1-2-4-17(5-3-1)15-26-11-10-20-13-23(26)22-12-18(6-8-21(20)22)19-7-9-24-25(14-19)28-16-27-24/h1-9,12,14,20,23H,10-11,13,15-16H2/t20?,23-/m1/s1. The fourth-order valence-electron chi connectivity index (χ4n) is 5.12. The van der Waals surface area contributed by atoms with E-state index in [-0.39, 0.29) is 0 Å². The van der Waals surface area contributed by atoms with Gasteiger partial charge in [-0.2, -0.15) is 0 Å². The molecule has 0 saturated carbocycles. The van der Waals surface area contributed by atoms with E-state index in [2.05, 4.69) is 65.6 Å². The Hall–Kier alpha value is -2.78. The zero-order valence-electron chi connectivity index (χ0n) is 15.8. The van der Waals surface area contributed by atoms with Crippen LogP contribution in [0.2, 0.25) is 0 Å². The molecule has 1 unspecified atom stereocenters. The summed E-state index contributed by atoms with van der Waals surface area (Å²) in [6.45, 7) is 2.53. The van der Waals surface area contributed by atoms with Gasteiger partial charge in [-0.15, -0.1) is 0 Å². The van der Waals surface area contributed by atoms with Crippen molar-refractivity contribution in [3.8, 4) is 22.6 Å². The van der Waals surface area contributed by atoms with Crippen LogP contribution in [0.3, 0.4) is 0 Å². The van der Waals surface area contributed by atoms with Crippen molar-refractivity contribution in [2.45, 2.75) is 31.3 Å². The van der Waals surface area contributed by atoms with Crippen LogP contribution < -0.4 is 9.47 Å². The lowest BCUT2D eigenvalue weighted by Gasteiger charge is -2.33. The summed E-state index contributed by atoms with van der Waals surface area (Å²) in [6.07, 6.45) is 2.52. The summed E-state index contributed by atoms with van der Waals surface area (Å²) in [4.78, 5) is 2.67. The van der Waals surface area contributed by atoms with Gasteiger partial charge in [-0.1, -0.05) is 48.5 Å². The van der Waals surface area contributed by atoms with Gasteiger partial charge in [0, 0.05) is 12.6 Å². The molecule has 1 fully saturated rings. The Morgan fingerprint density at radius 3 is 2.57 bits per heavy atom. The Kier molecular flexibility index (Phi) is 3.69. The van der Waals surface area contributed by atoms with Crippen LogP contribution in [0.25, 0.3) is 11.1 Å². The Labute approximate surface area is 165 Å². The average molecular weight is 369 g/mol. The minimum atomic E-state index is 0.321. The summed E-state index contributed by atoms with van der Waals surface area (Å²) in [7, 11) is 0. The van der Waals surface area contributed by atoms with E-state index in [0.29, 0.717) is 12.8 Å². The lowest BCUT2D eigenvalue weighted by Crippen LogP contribution is -2.31. The molecule has 0 aromatic heterocycles. The quantitative estimate of drug-likeness (QED) is 0.607. The Morgan fingerprint density at radius 1 is 0.821 bits per heavy atom. The minimum absolute atomic E-state index is 0.321. The molecule has 140 valence electrons. The van der Waals surface area contributed by atoms with Gasteiger partial charge in [0.15, 0.2) is 11.5 Å². The van der Waals surface area contributed by atoms with Crippen molar-refractivity contribution in [1.29, 1.82) is 0 Å². The molecule has 3 heteroatoms. The molecule has 2 heterocycles. The van der Waals surface area contributed by atoms with Crippen molar-refractivity contribution in [3.63, 3.8) is 0 Å². The lowest BCUT2D eigenvalue weighted by atomic mass is 9.94. The Balaban J connectivity index is 1.34. The predicted octanol–water partition coefficient (Wildman–Crippen LogP) is 5.52. The van der Waals surface area contributed by atoms with E-state index in [1.54, 1.807) is 5.56 Å². The van der Waals surface area contributed by atoms with Gasteiger partial charge in [0.1, 0.15) is 0 Å². The maximum atomic E-state index is 5.58. The van der Waals surface area contributed by atoms with Crippen LogP contribution in [-0.4, -0.2) is 18.2 Å². The number of hydrogen-bond acceptors (Lipinski definition) is 3. The van der Waals surface area contributed by atoms with E-state index < -0.39 is 0 Å². The number of likely N-dealkylation sites (tertiary alicyclic amines) is 1. The van der Waals surface area contributed by atoms with Crippen LogP contribution in [0.4, 0.5) is 0 Å². The Bertz CT molecular complexity index is 1030.